The fourth-order valence-corrected chi connectivity index (χ4v) is 5.91. The first-order valence-corrected chi connectivity index (χ1v) is 12.0. The summed E-state index contributed by atoms with van der Waals surface area (Å²) in [6.07, 6.45) is 5.99. The minimum absolute atomic E-state index is 0.674. The number of anilines is 1. The van der Waals surface area contributed by atoms with Crippen molar-refractivity contribution < 1.29 is 9.64 Å². The molecular formula is C22H31N6OS+. The lowest BCUT2D eigenvalue weighted by Crippen LogP contribution is -3.14. The summed E-state index contributed by atoms with van der Waals surface area (Å²) >= 11 is 1.85. The van der Waals surface area contributed by atoms with Gasteiger partial charge in [-0.2, -0.15) is 15.1 Å². The minimum Gasteiger partial charge on any atom is -0.370 e. The predicted molar refractivity (Wildman–Crippen MR) is 120 cm³/mol. The summed E-state index contributed by atoms with van der Waals surface area (Å²) in [6, 6.07) is 2.07. The van der Waals surface area contributed by atoms with Gasteiger partial charge in [0.2, 0.25) is 0 Å². The smallest absolute Gasteiger partial charge is 0.254 e. The number of aromatic nitrogens is 4. The molecule has 1 aliphatic heterocycles. The van der Waals surface area contributed by atoms with Gasteiger partial charge in [-0.15, -0.1) is 11.3 Å². The zero-order chi connectivity index (χ0) is 20.5. The average Bonchev–Trinajstić information content (AvgIpc) is 3.30. The SMILES string of the molecule is Cc1cc(C)n(-c2nc(NCCC[NH+]3CCOCC3)c3c4c(sc3n2)CCCC4)n1. The first-order valence-electron chi connectivity index (χ1n) is 11.2. The summed E-state index contributed by atoms with van der Waals surface area (Å²) < 4.78 is 7.35. The molecule has 1 saturated heterocycles. The number of rotatable bonds is 6. The van der Waals surface area contributed by atoms with Gasteiger partial charge in [-0.05, 0) is 51.2 Å². The first-order chi connectivity index (χ1) is 14.7. The van der Waals surface area contributed by atoms with Crippen molar-refractivity contribution in [1.82, 2.24) is 19.7 Å². The fraction of sp³-hybridized carbons (Fsp3) is 0.591. The summed E-state index contributed by atoms with van der Waals surface area (Å²) in [6.45, 7) is 10.2. The van der Waals surface area contributed by atoms with Gasteiger partial charge in [-0.1, -0.05) is 0 Å². The molecule has 8 heteroatoms. The number of nitrogens with one attached hydrogen (secondary N) is 2. The second-order valence-electron chi connectivity index (χ2n) is 8.49. The van der Waals surface area contributed by atoms with E-state index in [1.165, 1.54) is 41.6 Å². The lowest BCUT2D eigenvalue weighted by Gasteiger charge is -2.23. The number of quaternary nitrogens is 1. The molecule has 0 radical (unpaired) electrons. The van der Waals surface area contributed by atoms with Crippen LogP contribution in [-0.2, 0) is 17.6 Å². The van der Waals surface area contributed by atoms with E-state index in [9.17, 15) is 0 Å². The molecule has 5 rings (SSSR count). The molecule has 0 amide bonds. The molecule has 4 heterocycles. The maximum atomic E-state index is 5.47. The van der Waals surface area contributed by atoms with Crippen LogP contribution in [0.4, 0.5) is 5.82 Å². The molecule has 3 aromatic heterocycles. The monoisotopic (exact) mass is 427 g/mol. The zero-order valence-corrected chi connectivity index (χ0v) is 18.8. The molecule has 0 unspecified atom stereocenters. The van der Waals surface area contributed by atoms with Crippen LogP contribution in [0, 0.1) is 13.8 Å². The van der Waals surface area contributed by atoms with Gasteiger partial charge in [-0.3, -0.25) is 0 Å². The van der Waals surface area contributed by atoms with E-state index in [1.807, 2.05) is 22.9 Å². The highest BCUT2D eigenvalue weighted by Crippen LogP contribution is 2.39. The van der Waals surface area contributed by atoms with Gasteiger partial charge in [0.25, 0.3) is 5.95 Å². The second kappa shape index (κ2) is 8.61. The Morgan fingerprint density at radius 2 is 2.00 bits per heavy atom. The molecule has 30 heavy (non-hydrogen) atoms. The Hall–Kier alpha value is -2.03. The van der Waals surface area contributed by atoms with E-state index in [1.54, 1.807) is 4.90 Å². The standard InChI is InChI=1S/C22H30N6OS/c1-15-14-16(2)28(26-15)22-24-20(23-8-5-9-27-10-12-29-13-11-27)19-17-6-3-4-7-18(17)30-21(19)25-22/h14H,3-13H2,1-2H3,(H,23,24,25)/p+1. The summed E-state index contributed by atoms with van der Waals surface area (Å²) in [5.74, 6) is 1.66. The quantitative estimate of drug-likeness (QED) is 0.590. The molecule has 3 aromatic rings. The van der Waals surface area contributed by atoms with Crippen molar-refractivity contribution in [1.29, 1.82) is 0 Å². The van der Waals surface area contributed by atoms with Gasteiger partial charge in [0, 0.05) is 23.5 Å². The number of hydrogen-bond donors (Lipinski definition) is 2. The topological polar surface area (TPSA) is 69.3 Å². The Morgan fingerprint density at radius 3 is 2.80 bits per heavy atom. The van der Waals surface area contributed by atoms with Gasteiger partial charge < -0.3 is 15.0 Å². The van der Waals surface area contributed by atoms with E-state index in [2.05, 4.69) is 23.4 Å². The molecule has 0 aromatic carbocycles. The zero-order valence-electron chi connectivity index (χ0n) is 18.0. The van der Waals surface area contributed by atoms with Crippen LogP contribution in [0.25, 0.3) is 16.2 Å². The Labute approximate surface area is 181 Å². The minimum atomic E-state index is 0.674. The average molecular weight is 428 g/mol. The molecule has 0 atom stereocenters. The Morgan fingerprint density at radius 1 is 1.17 bits per heavy atom. The number of aryl methyl sites for hydroxylation is 4. The molecule has 1 fully saturated rings. The van der Waals surface area contributed by atoms with Crippen molar-refractivity contribution in [2.75, 3.05) is 44.7 Å². The number of nitrogens with zero attached hydrogens (tertiary/aromatic N) is 4. The van der Waals surface area contributed by atoms with E-state index in [0.717, 1.165) is 67.7 Å². The molecule has 0 saturated carbocycles. The van der Waals surface area contributed by atoms with Crippen molar-refractivity contribution in [2.24, 2.45) is 0 Å². The van der Waals surface area contributed by atoms with Crippen LogP contribution in [0.1, 0.15) is 41.1 Å². The van der Waals surface area contributed by atoms with E-state index < -0.39 is 0 Å². The van der Waals surface area contributed by atoms with Crippen molar-refractivity contribution in [3.8, 4) is 5.95 Å². The maximum absolute atomic E-state index is 5.47. The molecule has 1 aliphatic carbocycles. The molecule has 2 N–H and O–H groups in total. The van der Waals surface area contributed by atoms with Crippen LogP contribution >= 0.6 is 11.3 Å². The Bertz CT molecular complexity index is 1040. The number of hydrogen-bond acceptors (Lipinski definition) is 6. The number of ether oxygens (including phenoxy) is 1. The van der Waals surface area contributed by atoms with Crippen LogP contribution in [0.5, 0.6) is 0 Å². The van der Waals surface area contributed by atoms with Gasteiger partial charge in [0.15, 0.2) is 0 Å². The van der Waals surface area contributed by atoms with Gasteiger partial charge in [0.1, 0.15) is 23.7 Å². The molecule has 0 bridgehead atoms. The van der Waals surface area contributed by atoms with Crippen molar-refractivity contribution in [3.63, 3.8) is 0 Å². The lowest BCUT2D eigenvalue weighted by atomic mass is 9.97. The van der Waals surface area contributed by atoms with E-state index in [-0.39, 0.29) is 0 Å². The number of fused-ring (bicyclic) bond motifs is 3. The van der Waals surface area contributed by atoms with E-state index in [0.29, 0.717) is 5.95 Å². The van der Waals surface area contributed by atoms with Crippen LogP contribution in [0.3, 0.4) is 0 Å². The highest BCUT2D eigenvalue weighted by atomic mass is 32.1. The van der Waals surface area contributed by atoms with Crippen molar-refractivity contribution in [2.45, 2.75) is 46.0 Å². The lowest BCUT2D eigenvalue weighted by molar-refractivity contribution is -0.908. The molecular weight excluding hydrogens is 396 g/mol. The first kappa shape index (κ1) is 19.9. The van der Waals surface area contributed by atoms with Crippen LogP contribution in [0.15, 0.2) is 6.07 Å². The largest absolute Gasteiger partial charge is 0.370 e. The summed E-state index contributed by atoms with van der Waals surface area (Å²) in [5.41, 5.74) is 3.53. The third-order valence-electron chi connectivity index (χ3n) is 6.20. The molecule has 7 nitrogen and oxygen atoms in total. The number of morpholine rings is 1. The fourth-order valence-electron chi connectivity index (χ4n) is 4.66. The highest BCUT2D eigenvalue weighted by Gasteiger charge is 2.22. The van der Waals surface area contributed by atoms with Crippen molar-refractivity contribution in [3.05, 3.63) is 27.9 Å². The number of thiophene rings is 1. The van der Waals surface area contributed by atoms with Crippen LogP contribution in [0.2, 0.25) is 0 Å². The summed E-state index contributed by atoms with van der Waals surface area (Å²) in [4.78, 5) is 14.1. The predicted octanol–water partition coefficient (Wildman–Crippen LogP) is 2.09. The second-order valence-corrected chi connectivity index (χ2v) is 9.58. The molecule has 0 spiro atoms. The van der Waals surface area contributed by atoms with Gasteiger partial charge in [-0.25, -0.2) is 4.68 Å². The van der Waals surface area contributed by atoms with Gasteiger partial charge >= 0.3 is 0 Å². The highest BCUT2D eigenvalue weighted by molar-refractivity contribution is 7.19. The Kier molecular flexibility index (Phi) is 5.71. The Balaban J connectivity index is 1.43. The van der Waals surface area contributed by atoms with Crippen LogP contribution in [-0.4, -0.2) is 59.1 Å². The molecule has 2 aliphatic rings. The van der Waals surface area contributed by atoms with Crippen molar-refractivity contribution >= 4 is 27.4 Å². The van der Waals surface area contributed by atoms with Crippen LogP contribution < -0.4 is 10.2 Å². The third-order valence-corrected chi connectivity index (χ3v) is 7.39. The normalized spacial score (nSPS) is 17.4. The maximum Gasteiger partial charge on any atom is 0.254 e. The summed E-state index contributed by atoms with van der Waals surface area (Å²) in [7, 11) is 0. The van der Waals surface area contributed by atoms with E-state index in [4.69, 9.17) is 14.7 Å². The van der Waals surface area contributed by atoms with E-state index >= 15 is 0 Å². The summed E-state index contributed by atoms with van der Waals surface area (Å²) in [5, 5.41) is 9.54. The molecule has 160 valence electrons. The third kappa shape index (κ3) is 3.96. The van der Waals surface area contributed by atoms with Gasteiger partial charge in [0.05, 0.1) is 30.8 Å².